The molecule has 0 unspecified atom stereocenters. The van der Waals surface area contributed by atoms with Crippen molar-refractivity contribution in [3.8, 4) is 0 Å². The van der Waals surface area contributed by atoms with Gasteiger partial charge < -0.3 is 0 Å². The topological polar surface area (TPSA) is 24.7 Å². The Kier molecular flexibility index (Phi) is 1.82. The zero-order chi connectivity index (χ0) is 8.23. The van der Waals surface area contributed by atoms with Crippen molar-refractivity contribution >= 4 is 12.3 Å². The van der Waals surface area contributed by atoms with Crippen LogP contribution in [0.25, 0.3) is 6.08 Å². The van der Waals surface area contributed by atoms with Crippen molar-refractivity contribution in [2.45, 2.75) is 0 Å². The minimum Gasteiger partial charge on any atom is -0.150 e. The second kappa shape index (κ2) is 3.13. The van der Waals surface area contributed by atoms with E-state index in [4.69, 9.17) is 0 Å². The molecule has 0 aliphatic carbocycles. The molecular formula is C10H7N2. The van der Waals surface area contributed by atoms with Gasteiger partial charge >= 0.3 is 0 Å². The van der Waals surface area contributed by atoms with Gasteiger partial charge in [0.05, 0.1) is 5.36 Å². The molecule has 0 fully saturated rings. The summed E-state index contributed by atoms with van der Waals surface area (Å²) in [6, 6.07) is 7.85. The lowest BCUT2D eigenvalue weighted by Crippen LogP contribution is -2.23. The van der Waals surface area contributed by atoms with Gasteiger partial charge in [-0.2, -0.15) is 0 Å². The van der Waals surface area contributed by atoms with Crippen LogP contribution in [0.1, 0.15) is 0 Å². The van der Waals surface area contributed by atoms with E-state index in [9.17, 15) is 0 Å². The summed E-state index contributed by atoms with van der Waals surface area (Å²) >= 11 is 0. The normalized spacial score (nSPS) is 24.7. The second-order valence-electron chi connectivity index (χ2n) is 2.41. The number of hydrogen-bond acceptors (Lipinski definition) is 2. The Morgan fingerprint density at radius 1 is 1.17 bits per heavy atom. The van der Waals surface area contributed by atoms with Gasteiger partial charge in [-0.05, 0) is 12.1 Å². The largest absolute Gasteiger partial charge is 0.150 e. The molecule has 0 N–H and O–H groups in total. The highest BCUT2D eigenvalue weighted by Gasteiger charge is 1.84. The molecule has 1 aliphatic heterocycles. The molecule has 2 heteroatoms. The lowest BCUT2D eigenvalue weighted by atomic mass is 10.2. The fraction of sp³-hybridized carbons (Fsp3) is 0. The second-order valence-corrected chi connectivity index (χ2v) is 2.41. The molecule has 0 aromatic heterocycles. The molecule has 1 aromatic rings. The number of rotatable bonds is 0. The first-order valence-corrected chi connectivity index (χ1v) is 3.72. The van der Waals surface area contributed by atoms with Crippen LogP contribution in [-0.4, -0.2) is 6.21 Å². The molecule has 2 rings (SSSR count). The molecule has 0 bridgehead atoms. The van der Waals surface area contributed by atoms with E-state index in [-0.39, 0.29) is 0 Å². The maximum absolute atomic E-state index is 3.98. The van der Waals surface area contributed by atoms with Crippen LogP contribution >= 0.6 is 0 Å². The fourth-order valence-corrected chi connectivity index (χ4v) is 1.03. The zero-order valence-corrected chi connectivity index (χ0v) is 6.44. The summed E-state index contributed by atoms with van der Waals surface area (Å²) in [5.41, 5.74) is 0. The van der Waals surface area contributed by atoms with Gasteiger partial charge in [-0.1, -0.05) is 30.4 Å². The lowest BCUT2D eigenvalue weighted by molar-refractivity contribution is 1.13. The molecule has 1 aliphatic rings. The SMILES string of the molecule is [C]1=N\N=c2\cccc\c2=C\C=C/1. The Bertz CT molecular complexity index is 398. The van der Waals surface area contributed by atoms with Crippen LogP contribution in [0.2, 0.25) is 0 Å². The van der Waals surface area contributed by atoms with Crippen LogP contribution in [0.3, 0.4) is 0 Å². The average molecular weight is 155 g/mol. The van der Waals surface area contributed by atoms with Crippen molar-refractivity contribution in [2.75, 3.05) is 0 Å². The molecule has 0 amide bonds. The summed E-state index contributed by atoms with van der Waals surface area (Å²) in [6.45, 7) is 0. The van der Waals surface area contributed by atoms with Crippen molar-refractivity contribution in [3.63, 3.8) is 0 Å². The molecule has 1 heterocycles. The molecule has 0 spiro atoms. The van der Waals surface area contributed by atoms with Gasteiger partial charge in [0.25, 0.3) is 0 Å². The number of fused-ring (bicyclic) bond motifs is 1. The van der Waals surface area contributed by atoms with Gasteiger partial charge in [-0.3, -0.25) is 0 Å². The van der Waals surface area contributed by atoms with E-state index in [2.05, 4.69) is 16.4 Å². The van der Waals surface area contributed by atoms with Crippen LogP contribution in [0.4, 0.5) is 0 Å². The molecule has 2 nitrogen and oxygen atoms in total. The first-order valence-electron chi connectivity index (χ1n) is 3.72. The van der Waals surface area contributed by atoms with Crippen molar-refractivity contribution in [1.29, 1.82) is 0 Å². The molecule has 12 heavy (non-hydrogen) atoms. The molecule has 1 aromatic carbocycles. The predicted molar refractivity (Wildman–Crippen MR) is 48.3 cm³/mol. The molecular weight excluding hydrogens is 148 g/mol. The summed E-state index contributed by atoms with van der Waals surface area (Å²) in [7, 11) is 0. The van der Waals surface area contributed by atoms with Crippen LogP contribution in [0, 0.1) is 0 Å². The Hall–Kier alpha value is -1.70. The van der Waals surface area contributed by atoms with Crippen LogP contribution in [0.15, 0.2) is 46.6 Å². The molecule has 57 valence electrons. The van der Waals surface area contributed by atoms with E-state index < -0.39 is 0 Å². The number of hydrogen-bond donors (Lipinski definition) is 0. The van der Waals surface area contributed by atoms with E-state index in [1.165, 1.54) is 0 Å². The van der Waals surface area contributed by atoms with E-state index in [1.54, 1.807) is 6.08 Å². The van der Waals surface area contributed by atoms with E-state index >= 15 is 0 Å². The van der Waals surface area contributed by atoms with Crippen molar-refractivity contribution in [2.24, 2.45) is 10.2 Å². The molecule has 0 atom stereocenters. The predicted octanol–water partition coefficient (Wildman–Crippen LogP) is 0.519. The highest BCUT2D eigenvalue weighted by atomic mass is 15.2. The zero-order valence-electron chi connectivity index (χ0n) is 6.44. The quantitative estimate of drug-likeness (QED) is 0.522. The van der Waals surface area contributed by atoms with Crippen molar-refractivity contribution in [1.82, 2.24) is 0 Å². The van der Waals surface area contributed by atoms with Crippen LogP contribution < -0.4 is 10.6 Å². The van der Waals surface area contributed by atoms with Crippen molar-refractivity contribution in [3.05, 3.63) is 47.0 Å². The first-order chi connectivity index (χ1) is 5.97. The van der Waals surface area contributed by atoms with E-state index in [0.717, 1.165) is 10.6 Å². The Labute approximate surface area is 70.3 Å². The Balaban J connectivity index is 2.80. The standard InChI is InChI=1S/C10H7N2/c1-2-7-10-9(5-1)6-3-4-8-11-12-10/h1-7H/b4-3-,6-3?,8-4?,9-6-,11-8?,12-10-,12-11?. The van der Waals surface area contributed by atoms with E-state index in [1.807, 2.05) is 36.4 Å². The summed E-state index contributed by atoms with van der Waals surface area (Å²) in [5.74, 6) is 0. The van der Waals surface area contributed by atoms with Gasteiger partial charge in [0.1, 0.15) is 6.21 Å². The summed E-state index contributed by atoms with van der Waals surface area (Å²) < 4.78 is 0. The minimum absolute atomic E-state index is 0.884. The average Bonchev–Trinajstić information content (AvgIpc) is 2.06. The third kappa shape index (κ3) is 1.32. The van der Waals surface area contributed by atoms with Crippen LogP contribution in [0.5, 0.6) is 0 Å². The smallest absolute Gasteiger partial charge is 0.113 e. The third-order valence-electron chi connectivity index (χ3n) is 1.60. The molecule has 0 saturated carbocycles. The number of nitrogens with zero attached hydrogens (tertiary/aromatic N) is 2. The number of benzene rings is 1. The first kappa shape index (κ1) is 6.98. The lowest BCUT2D eigenvalue weighted by Gasteiger charge is -1.87. The van der Waals surface area contributed by atoms with Crippen LogP contribution in [-0.2, 0) is 0 Å². The Morgan fingerprint density at radius 3 is 3.08 bits per heavy atom. The maximum Gasteiger partial charge on any atom is 0.113 e. The fourth-order valence-electron chi connectivity index (χ4n) is 1.03. The summed E-state index contributed by atoms with van der Waals surface area (Å²) in [6.07, 6.45) is 8.30. The Morgan fingerprint density at radius 2 is 2.08 bits per heavy atom. The minimum atomic E-state index is 0.884. The monoisotopic (exact) mass is 155 g/mol. The van der Waals surface area contributed by atoms with Gasteiger partial charge in [0.2, 0.25) is 0 Å². The van der Waals surface area contributed by atoms with E-state index in [0.29, 0.717) is 0 Å². The molecule has 0 saturated heterocycles. The van der Waals surface area contributed by atoms with Gasteiger partial charge in [0, 0.05) is 5.22 Å². The van der Waals surface area contributed by atoms with Gasteiger partial charge in [-0.25, -0.2) is 0 Å². The summed E-state index contributed by atoms with van der Waals surface area (Å²) in [5, 5.41) is 9.68. The van der Waals surface area contributed by atoms with Gasteiger partial charge in [-0.15, -0.1) is 10.2 Å². The van der Waals surface area contributed by atoms with Gasteiger partial charge in [0.15, 0.2) is 0 Å². The molecule has 1 radical (unpaired) electrons. The highest BCUT2D eigenvalue weighted by molar-refractivity contribution is 5.73. The van der Waals surface area contributed by atoms with Crippen molar-refractivity contribution < 1.29 is 0 Å². The highest BCUT2D eigenvalue weighted by Crippen LogP contribution is 1.78. The third-order valence-corrected chi connectivity index (χ3v) is 1.60. The summed E-state index contributed by atoms with van der Waals surface area (Å²) in [4.78, 5) is 0. The maximum atomic E-state index is 3.98. The number of allylic oxidation sites excluding steroid dienone is 2.